The van der Waals surface area contributed by atoms with E-state index < -0.39 is 11.6 Å². The average molecular weight is 287 g/mol. The zero-order chi connectivity index (χ0) is 14.5. The molecule has 112 valence electrons. The van der Waals surface area contributed by atoms with Crippen molar-refractivity contribution in [2.75, 3.05) is 27.4 Å². The van der Waals surface area contributed by atoms with E-state index in [1.807, 2.05) is 7.05 Å². The van der Waals surface area contributed by atoms with E-state index in [0.29, 0.717) is 19.6 Å². The molecule has 2 rings (SSSR count). The van der Waals surface area contributed by atoms with E-state index in [1.165, 1.54) is 18.2 Å². The fourth-order valence-electron chi connectivity index (χ4n) is 2.22. The maximum Gasteiger partial charge on any atom is 0.191 e. The molecule has 3 unspecified atom stereocenters. The first-order valence-electron chi connectivity index (χ1n) is 6.55. The van der Waals surface area contributed by atoms with Crippen molar-refractivity contribution in [2.24, 2.45) is 0 Å². The van der Waals surface area contributed by atoms with Gasteiger partial charge < -0.3 is 19.5 Å². The van der Waals surface area contributed by atoms with Crippen molar-refractivity contribution in [3.05, 3.63) is 29.8 Å². The lowest BCUT2D eigenvalue weighted by atomic mass is 9.85. The van der Waals surface area contributed by atoms with Gasteiger partial charge in [0.1, 0.15) is 12.2 Å². The number of likely N-dealkylation sites (N-methyl/N-ethyl adjacent to an activating group) is 1. The van der Waals surface area contributed by atoms with E-state index in [0.717, 1.165) is 0 Å². The first-order valence-corrected chi connectivity index (χ1v) is 6.55. The highest BCUT2D eigenvalue weighted by Gasteiger charge is 2.43. The molecule has 1 aromatic carbocycles. The smallest absolute Gasteiger partial charge is 0.191 e. The molecule has 0 aromatic heterocycles. The second-order valence-electron chi connectivity index (χ2n) is 4.67. The van der Waals surface area contributed by atoms with Crippen LogP contribution in [0.2, 0.25) is 0 Å². The molecule has 6 heteroatoms. The van der Waals surface area contributed by atoms with Crippen molar-refractivity contribution in [3.8, 4) is 5.75 Å². The van der Waals surface area contributed by atoms with Crippen molar-refractivity contribution in [2.45, 2.75) is 24.7 Å². The third-order valence-corrected chi connectivity index (χ3v) is 3.41. The normalized spacial score (nSPS) is 25.3. The monoisotopic (exact) mass is 287 g/mol. The number of rotatable bonds is 7. The lowest BCUT2D eigenvalue weighted by Crippen LogP contribution is -2.60. The Kier molecular flexibility index (Phi) is 5.28. The number of hydrogen-bond donors (Lipinski definition) is 1. The summed E-state index contributed by atoms with van der Waals surface area (Å²) in [6, 6.07) is 3.77. The number of ether oxygens (including phenoxy) is 3. The summed E-state index contributed by atoms with van der Waals surface area (Å²) < 4.78 is 43.1. The van der Waals surface area contributed by atoms with Gasteiger partial charge in [0.25, 0.3) is 0 Å². The lowest BCUT2D eigenvalue weighted by Gasteiger charge is -2.43. The van der Waals surface area contributed by atoms with Crippen LogP contribution in [0.4, 0.5) is 8.78 Å². The molecule has 1 aliphatic carbocycles. The summed E-state index contributed by atoms with van der Waals surface area (Å²) in [4.78, 5) is 0. The van der Waals surface area contributed by atoms with Crippen molar-refractivity contribution >= 4 is 0 Å². The molecule has 3 atom stereocenters. The van der Waals surface area contributed by atoms with Gasteiger partial charge in [-0.2, -0.15) is 0 Å². The molecule has 0 spiro atoms. The first kappa shape index (κ1) is 15.2. The number of benzene rings is 1. The van der Waals surface area contributed by atoms with Crippen LogP contribution in [0.5, 0.6) is 5.75 Å². The van der Waals surface area contributed by atoms with Gasteiger partial charge in [-0.3, -0.25) is 0 Å². The molecule has 1 aliphatic rings. The number of hydrogen-bond acceptors (Lipinski definition) is 4. The van der Waals surface area contributed by atoms with Gasteiger partial charge in [0.05, 0.1) is 13.2 Å². The fraction of sp³-hybridized carbons (Fsp3) is 0.571. The van der Waals surface area contributed by atoms with Gasteiger partial charge >= 0.3 is 0 Å². The van der Waals surface area contributed by atoms with Crippen LogP contribution in [0.15, 0.2) is 18.2 Å². The summed E-state index contributed by atoms with van der Waals surface area (Å²) in [6.07, 6.45) is 0.0342. The topological polar surface area (TPSA) is 39.7 Å². The Bertz CT molecular complexity index is 424. The van der Waals surface area contributed by atoms with Crippen LogP contribution < -0.4 is 10.1 Å². The van der Waals surface area contributed by atoms with Crippen molar-refractivity contribution in [1.82, 2.24) is 5.32 Å². The SMILES string of the molecule is CNC1CC(Oc2c(F)cccc2F)C1OCCOC. The van der Waals surface area contributed by atoms with E-state index in [1.54, 1.807) is 7.11 Å². The Labute approximate surface area is 117 Å². The lowest BCUT2D eigenvalue weighted by molar-refractivity contribution is -0.115. The van der Waals surface area contributed by atoms with Gasteiger partial charge in [-0.15, -0.1) is 0 Å². The molecule has 0 radical (unpaired) electrons. The Morgan fingerprint density at radius 2 is 1.95 bits per heavy atom. The molecule has 1 N–H and O–H groups in total. The Balaban J connectivity index is 1.98. The van der Waals surface area contributed by atoms with Gasteiger partial charge in [0.2, 0.25) is 0 Å². The summed E-state index contributed by atoms with van der Waals surface area (Å²) in [6.45, 7) is 0.882. The summed E-state index contributed by atoms with van der Waals surface area (Å²) in [5, 5.41) is 3.09. The highest BCUT2D eigenvalue weighted by atomic mass is 19.1. The minimum absolute atomic E-state index is 0.117. The number of para-hydroxylation sites is 1. The first-order chi connectivity index (χ1) is 9.67. The van der Waals surface area contributed by atoms with Crippen LogP contribution in [0.1, 0.15) is 6.42 Å². The van der Waals surface area contributed by atoms with Crippen molar-refractivity contribution < 1.29 is 23.0 Å². The molecule has 4 nitrogen and oxygen atoms in total. The summed E-state index contributed by atoms with van der Waals surface area (Å²) in [7, 11) is 3.40. The minimum Gasteiger partial charge on any atom is -0.481 e. The molecule has 0 saturated heterocycles. The zero-order valence-corrected chi connectivity index (χ0v) is 11.6. The zero-order valence-electron chi connectivity index (χ0n) is 11.6. The van der Waals surface area contributed by atoms with Crippen LogP contribution in [0, 0.1) is 11.6 Å². The second kappa shape index (κ2) is 6.97. The molecule has 0 heterocycles. The predicted molar refractivity (Wildman–Crippen MR) is 69.9 cm³/mol. The summed E-state index contributed by atoms with van der Waals surface area (Å²) in [5.41, 5.74) is 0. The summed E-state index contributed by atoms with van der Waals surface area (Å²) >= 11 is 0. The number of halogens is 2. The van der Waals surface area contributed by atoms with Crippen molar-refractivity contribution in [1.29, 1.82) is 0 Å². The molecule has 0 bridgehead atoms. The minimum atomic E-state index is -0.700. The van der Waals surface area contributed by atoms with Crippen LogP contribution in [-0.2, 0) is 9.47 Å². The van der Waals surface area contributed by atoms with Crippen LogP contribution in [0.25, 0.3) is 0 Å². The third-order valence-electron chi connectivity index (χ3n) is 3.41. The molecule has 1 fully saturated rings. The molecule has 1 saturated carbocycles. The number of nitrogens with one attached hydrogen (secondary N) is 1. The Hall–Kier alpha value is -1.24. The molecule has 0 aliphatic heterocycles. The van der Waals surface area contributed by atoms with Gasteiger partial charge in [0.15, 0.2) is 17.4 Å². The fourth-order valence-corrected chi connectivity index (χ4v) is 2.22. The van der Waals surface area contributed by atoms with Gasteiger partial charge in [-0.25, -0.2) is 8.78 Å². The van der Waals surface area contributed by atoms with Gasteiger partial charge in [-0.05, 0) is 19.2 Å². The van der Waals surface area contributed by atoms with Crippen LogP contribution >= 0.6 is 0 Å². The standard InChI is InChI=1S/C14H19F2NO3/c1-17-11-8-12(14(11)19-7-6-18-2)20-13-9(15)4-3-5-10(13)16/h3-5,11-12,14,17H,6-8H2,1-2H3. The van der Waals surface area contributed by atoms with E-state index in [-0.39, 0.29) is 24.0 Å². The third kappa shape index (κ3) is 3.26. The van der Waals surface area contributed by atoms with E-state index in [4.69, 9.17) is 14.2 Å². The highest BCUT2D eigenvalue weighted by Crippen LogP contribution is 2.31. The average Bonchev–Trinajstić information content (AvgIpc) is 2.41. The largest absolute Gasteiger partial charge is 0.481 e. The molecule has 20 heavy (non-hydrogen) atoms. The van der Waals surface area contributed by atoms with E-state index in [9.17, 15) is 8.78 Å². The van der Waals surface area contributed by atoms with E-state index >= 15 is 0 Å². The van der Waals surface area contributed by atoms with Gasteiger partial charge in [-0.1, -0.05) is 6.07 Å². The Morgan fingerprint density at radius 3 is 2.55 bits per heavy atom. The van der Waals surface area contributed by atoms with Crippen LogP contribution in [-0.4, -0.2) is 45.6 Å². The van der Waals surface area contributed by atoms with Crippen molar-refractivity contribution in [3.63, 3.8) is 0 Å². The van der Waals surface area contributed by atoms with Crippen LogP contribution in [0.3, 0.4) is 0 Å². The summed E-state index contributed by atoms with van der Waals surface area (Å²) in [5.74, 6) is -1.74. The quantitative estimate of drug-likeness (QED) is 0.775. The maximum atomic E-state index is 13.5. The molecular weight excluding hydrogens is 268 g/mol. The second-order valence-corrected chi connectivity index (χ2v) is 4.67. The number of methoxy groups -OCH3 is 1. The predicted octanol–water partition coefficient (Wildman–Crippen LogP) is 1.74. The molecular formula is C14H19F2NO3. The molecule has 1 aromatic rings. The maximum absolute atomic E-state index is 13.5. The molecule has 0 amide bonds. The Morgan fingerprint density at radius 1 is 1.25 bits per heavy atom. The highest BCUT2D eigenvalue weighted by molar-refractivity contribution is 5.27. The van der Waals surface area contributed by atoms with Gasteiger partial charge in [0, 0.05) is 19.6 Å². The van der Waals surface area contributed by atoms with E-state index in [2.05, 4.69) is 5.32 Å².